The highest BCUT2D eigenvalue weighted by Crippen LogP contribution is 2.29. The molecule has 1 heterocycles. The van der Waals surface area contributed by atoms with E-state index in [0.29, 0.717) is 5.76 Å². The minimum atomic E-state index is -1.17. The largest absolute Gasteiger partial charge is 0.467 e. The van der Waals surface area contributed by atoms with Gasteiger partial charge in [0.2, 0.25) is 5.91 Å². The van der Waals surface area contributed by atoms with Crippen LogP contribution in [0.5, 0.6) is 0 Å². The van der Waals surface area contributed by atoms with Gasteiger partial charge in [-0.25, -0.2) is 0 Å². The molecule has 1 unspecified atom stereocenters. The second-order valence-corrected chi connectivity index (χ2v) is 7.70. The molecule has 1 aromatic carbocycles. The Labute approximate surface area is 168 Å². The van der Waals surface area contributed by atoms with Gasteiger partial charge < -0.3 is 14.6 Å². The summed E-state index contributed by atoms with van der Waals surface area (Å²) in [6, 6.07) is 11.7. The van der Waals surface area contributed by atoms with Gasteiger partial charge in [0.05, 0.1) is 18.8 Å². The van der Waals surface area contributed by atoms with Crippen molar-refractivity contribution >= 4 is 35.0 Å². The third kappa shape index (κ3) is 5.27. The number of amides is 2. The van der Waals surface area contributed by atoms with Crippen molar-refractivity contribution in [2.75, 3.05) is 6.54 Å². The standard InChI is InChI=1S/C20H22Cl2N2O3/c21-19(22)20(26)24(13-15-7-4-12-27-15)11-10-18(25)23-17-9-3-6-14-5-1-2-8-16(14)17/h1-2,4-5,7-8,12,17,19H,3,6,9-11,13H2,(H,23,25). The number of aryl methyl sites for hydroxylation is 1. The zero-order valence-corrected chi connectivity index (χ0v) is 16.4. The van der Waals surface area contributed by atoms with Crippen molar-refractivity contribution in [3.63, 3.8) is 0 Å². The van der Waals surface area contributed by atoms with Crippen molar-refractivity contribution in [3.8, 4) is 0 Å². The van der Waals surface area contributed by atoms with Crippen molar-refractivity contribution < 1.29 is 14.0 Å². The number of carbonyl (C=O) groups is 2. The predicted octanol–water partition coefficient (Wildman–Crippen LogP) is 4.00. The monoisotopic (exact) mass is 408 g/mol. The topological polar surface area (TPSA) is 62.6 Å². The van der Waals surface area contributed by atoms with Crippen LogP contribution in [0.3, 0.4) is 0 Å². The Hall–Kier alpha value is -1.98. The van der Waals surface area contributed by atoms with E-state index in [1.165, 1.54) is 22.3 Å². The zero-order chi connectivity index (χ0) is 19.2. The molecular formula is C20H22Cl2N2O3. The number of hydrogen-bond donors (Lipinski definition) is 1. The lowest BCUT2D eigenvalue weighted by atomic mass is 9.87. The molecule has 27 heavy (non-hydrogen) atoms. The fraction of sp³-hybridized carbons (Fsp3) is 0.400. The van der Waals surface area contributed by atoms with Crippen LogP contribution in [0.4, 0.5) is 0 Å². The minimum Gasteiger partial charge on any atom is -0.467 e. The van der Waals surface area contributed by atoms with E-state index in [4.69, 9.17) is 27.6 Å². The van der Waals surface area contributed by atoms with Crippen LogP contribution < -0.4 is 5.32 Å². The van der Waals surface area contributed by atoms with Crippen LogP contribution in [0.2, 0.25) is 0 Å². The van der Waals surface area contributed by atoms with E-state index < -0.39 is 10.7 Å². The first-order valence-corrected chi connectivity index (χ1v) is 9.88. The third-order valence-corrected chi connectivity index (χ3v) is 5.11. The molecule has 0 saturated carbocycles. The summed E-state index contributed by atoms with van der Waals surface area (Å²) in [5, 5.41) is 3.09. The number of benzene rings is 1. The summed E-state index contributed by atoms with van der Waals surface area (Å²) in [6.07, 6.45) is 4.71. The zero-order valence-electron chi connectivity index (χ0n) is 14.9. The van der Waals surface area contributed by atoms with E-state index in [2.05, 4.69) is 17.4 Å². The molecule has 0 bridgehead atoms. The van der Waals surface area contributed by atoms with E-state index in [9.17, 15) is 9.59 Å². The van der Waals surface area contributed by atoms with E-state index in [1.807, 2.05) is 12.1 Å². The highest BCUT2D eigenvalue weighted by molar-refractivity contribution is 6.53. The van der Waals surface area contributed by atoms with Crippen molar-refractivity contribution in [2.24, 2.45) is 0 Å². The van der Waals surface area contributed by atoms with Gasteiger partial charge in [0, 0.05) is 13.0 Å². The van der Waals surface area contributed by atoms with Crippen LogP contribution in [0.25, 0.3) is 0 Å². The first-order chi connectivity index (χ1) is 13.0. The SMILES string of the molecule is O=C(CCN(Cc1ccco1)C(=O)C(Cl)Cl)NC1CCCc2ccccc21. The molecule has 1 aromatic heterocycles. The number of alkyl halides is 2. The molecule has 1 atom stereocenters. The molecule has 3 rings (SSSR count). The van der Waals surface area contributed by atoms with Crippen molar-refractivity contribution in [1.82, 2.24) is 10.2 Å². The fourth-order valence-corrected chi connectivity index (χ4v) is 3.68. The predicted molar refractivity (Wildman–Crippen MR) is 104 cm³/mol. The van der Waals surface area contributed by atoms with Crippen LogP contribution in [0.15, 0.2) is 47.1 Å². The maximum absolute atomic E-state index is 12.5. The highest BCUT2D eigenvalue weighted by atomic mass is 35.5. The Morgan fingerprint density at radius 1 is 1.22 bits per heavy atom. The molecule has 7 heteroatoms. The quantitative estimate of drug-likeness (QED) is 0.704. The van der Waals surface area contributed by atoms with Crippen LogP contribution in [0.1, 0.15) is 42.2 Å². The molecule has 0 aliphatic heterocycles. The molecule has 0 fully saturated rings. The van der Waals surface area contributed by atoms with Gasteiger partial charge in [-0.15, -0.1) is 0 Å². The molecule has 1 N–H and O–H groups in total. The van der Waals surface area contributed by atoms with Gasteiger partial charge in [-0.1, -0.05) is 47.5 Å². The van der Waals surface area contributed by atoms with Crippen LogP contribution >= 0.6 is 23.2 Å². The average molecular weight is 409 g/mol. The summed E-state index contributed by atoms with van der Waals surface area (Å²) >= 11 is 11.5. The number of fused-ring (bicyclic) bond motifs is 1. The normalized spacial score (nSPS) is 16.0. The molecule has 1 aliphatic carbocycles. The molecule has 0 saturated heterocycles. The number of furan rings is 1. The summed E-state index contributed by atoms with van der Waals surface area (Å²) in [6.45, 7) is 0.441. The van der Waals surface area contributed by atoms with Crippen LogP contribution in [-0.2, 0) is 22.6 Å². The Balaban J connectivity index is 1.58. The number of halogens is 2. The molecule has 144 valence electrons. The Morgan fingerprint density at radius 3 is 2.78 bits per heavy atom. The average Bonchev–Trinajstić information content (AvgIpc) is 3.18. The van der Waals surface area contributed by atoms with Gasteiger partial charge >= 0.3 is 0 Å². The summed E-state index contributed by atoms with van der Waals surface area (Å²) in [4.78, 5) is 25.0. The smallest absolute Gasteiger partial charge is 0.256 e. The maximum Gasteiger partial charge on any atom is 0.256 e. The Kier molecular flexibility index (Phi) is 6.80. The van der Waals surface area contributed by atoms with Crippen LogP contribution in [0, 0.1) is 0 Å². The van der Waals surface area contributed by atoms with Gasteiger partial charge in [-0.3, -0.25) is 9.59 Å². The molecule has 1 aliphatic rings. The summed E-state index contributed by atoms with van der Waals surface area (Å²) < 4.78 is 5.28. The molecule has 0 radical (unpaired) electrons. The second-order valence-electron chi connectivity index (χ2n) is 6.60. The van der Waals surface area contributed by atoms with Gasteiger partial charge in [0.1, 0.15) is 5.76 Å². The fourth-order valence-electron chi connectivity index (χ4n) is 3.40. The maximum atomic E-state index is 12.5. The van der Waals surface area contributed by atoms with Gasteiger partial charge in [0.25, 0.3) is 5.91 Å². The molecule has 2 aromatic rings. The second kappa shape index (κ2) is 9.29. The number of carbonyl (C=O) groups excluding carboxylic acids is 2. The lowest BCUT2D eigenvalue weighted by Crippen LogP contribution is -2.38. The van der Waals surface area contributed by atoms with Gasteiger partial charge in [-0.2, -0.15) is 0 Å². The molecule has 0 spiro atoms. The first-order valence-electron chi connectivity index (χ1n) is 9.01. The molecular weight excluding hydrogens is 387 g/mol. The van der Waals surface area contributed by atoms with E-state index in [1.54, 1.807) is 12.1 Å². The van der Waals surface area contributed by atoms with Gasteiger partial charge in [0.15, 0.2) is 4.84 Å². The van der Waals surface area contributed by atoms with E-state index in [-0.39, 0.29) is 31.5 Å². The first kappa shape index (κ1) is 19.8. The lowest BCUT2D eigenvalue weighted by Gasteiger charge is -2.27. The van der Waals surface area contributed by atoms with Gasteiger partial charge in [-0.05, 0) is 42.5 Å². The van der Waals surface area contributed by atoms with Crippen molar-refractivity contribution in [1.29, 1.82) is 0 Å². The Morgan fingerprint density at radius 2 is 2.04 bits per heavy atom. The summed E-state index contributed by atoms with van der Waals surface area (Å²) in [5.74, 6) is 0.0686. The van der Waals surface area contributed by atoms with E-state index >= 15 is 0 Å². The number of rotatable bonds is 7. The van der Waals surface area contributed by atoms with Crippen LogP contribution in [-0.4, -0.2) is 28.1 Å². The third-order valence-electron chi connectivity index (χ3n) is 4.74. The summed E-state index contributed by atoms with van der Waals surface area (Å²) in [7, 11) is 0. The number of hydrogen-bond acceptors (Lipinski definition) is 3. The number of nitrogens with one attached hydrogen (secondary N) is 1. The number of nitrogens with zero attached hydrogens (tertiary/aromatic N) is 1. The molecule has 2 amide bonds. The minimum absolute atomic E-state index is 0.0190. The van der Waals surface area contributed by atoms with Crippen molar-refractivity contribution in [2.45, 2.75) is 43.1 Å². The van der Waals surface area contributed by atoms with E-state index in [0.717, 1.165) is 19.3 Å². The van der Waals surface area contributed by atoms with Crippen molar-refractivity contribution in [3.05, 3.63) is 59.5 Å². The lowest BCUT2D eigenvalue weighted by molar-refractivity contribution is -0.131. The highest BCUT2D eigenvalue weighted by Gasteiger charge is 2.24. The Bertz CT molecular complexity index is 777. The summed E-state index contributed by atoms with van der Waals surface area (Å²) in [5.41, 5.74) is 2.47. The molecule has 5 nitrogen and oxygen atoms in total.